The molecule has 3 aromatic rings. The summed E-state index contributed by atoms with van der Waals surface area (Å²) in [5.41, 5.74) is 2.76. The third kappa shape index (κ3) is 2.48. The Morgan fingerprint density at radius 1 is 1.05 bits per heavy atom. The van der Waals surface area contributed by atoms with E-state index >= 15 is 0 Å². The van der Waals surface area contributed by atoms with Crippen molar-refractivity contribution in [3.8, 4) is 0 Å². The highest BCUT2D eigenvalue weighted by molar-refractivity contribution is 7.80. The van der Waals surface area contributed by atoms with Crippen LogP contribution in [0.5, 0.6) is 0 Å². The Kier molecular flexibility index (Phi) is 3.35. The minimum atomic E-state index is 0.546. The summed E-state index contributed by atoms with van der Waals surface area (Å²) in [4.78, 5) is 4.49. The largest absolute Gasteiger partial charge is 0.332 e. The molecule has 0 atom stereocenters. The first-order valence-corrected chi connectivity index (χ1v) is 6.71. The topological polar surface area (TPSA) is 41.4 Å². The number of imidazole rings is 1. The van der Waals surface area contributed by atoms with E-state index < -0.39 is 0 Å². The summed E-state index contributed by atoms with van der Waals surface area (Å²) in [6.07, 6.45) is 1.96. The normalized spacial score (nSPS) is 10.4. The predicted octanol–water partition coefficient (Wildman–Crippen LogP) is 3.45. The van der Waals surface area contributed by atoms with Crippen molar-refractivity contribution in [2.24, 2.45) is 0 Å². The first-order chi connectivity index (χ1) is 9.74. The summed E-state index contributed by atoms with van der Waals surface area (Å²) in [6, 6.07) is 15.7. The molecule has 0 bridgehead atoms. The SMILES string of the molecule is Cc1nc2ccccn2c1NC(=S)Nc1ccccc1. The highest BCUT2D eigenvalue weighted by Gasteiger charge is 2.09. The number of para-hydroxylation sites is 1. The Morgan fingerprint density at radius 3 is 2.60 bits per heavy atom. The van der Waals surface area contributed by atoms with Crippen LogP contribution in [0.1, 0.15) is 5.69 Å². The number of hydrogen-bond acceptors (Lipinski definition) is 2. The van der Waals surface area contributed by atoms with Gasteiger partial charge in [-0.25, -0.2) is 4.98 Å². The molecule has 0 fully saturated rings. The van der Waals surface area contributed by atoms with Crippen LogP contribution in [0.15, 0.2) is 54.7 Å². The van der Waals surface area contributed by atoms with Crippen LogP contribution in [-0.4, -0.2) is 14.5 Å². The summed E-state index contributed by atoms with van der Waals surface area (Å²) in [5.74, 6) is 0.883. The second-order valence-corrected chi connectivity index (χ2v) is 4.83. The molecule has 3 rings (SSSR count). The van der Waals surface area contributed by atoms with E-state index in [0.29, 0.717) is 5.11 Å². The zero-order valence-electron chi connectivity index (χ0n) is 11.0. The zero-order chi connectivity index (χ0) is 13.9. The second-order valence-electron chi connectivity index (χ2n) is 4.42. The monoisotopic (exact) mass is 282 g/mol. The summed E-state index contributed by atoms with van der Waals surface area (Å²) < 4.78 is 1.98. The standard InChI is InChI=1S/C15H14N4S/c1-11-14(19-10-6-5-9-13(19)16-11)18-15(20)17-12-7-3-2-4-8-12/h2-10H,1H3,(H2,17,18,20). The molecular formula is C15H14N4S. The highest BCUT2D eigenvalue weighted by atomic mass is 32.1. The van der Waals surface area contributed by atoms with Crippen molar-refractivity contribution in [1.29, 1.82) is 0 Å². The van der Waals surface area contributed by atoms with Gasteiger partial charge in [-0.2, -0.15) is 0 Å². The lowest BCUT2D eigenvalue weighted by molar-refractivity contribution is 1.19. The molecule has 0 radical (unpaired) electrons. The van der Waals surface area contributed by atoms with Gasteiger partial charge in [0.15, 0.2) is 5.11 Å². The van der Waals surface area contributed by atoms with Crippen molar-refractivity contribution in [3.05, 3.63) is 60.4 Å². The Bertz CT molecular complexity index is 749. The van der Waals surface area contributed by atoms with Crippen LogP contribution in [0.4, 0.5) is 11.5 Å². The number of aromatic nitrogens is 2. The van der Waals surface area contributed by atoms with Crippen molar-refractivity contribution in [2.45, 2.75) is 6.92 Å². The van der Waals surface area contributed by atoms with Crippen LogP contribution in [0.2, 0.25) is 0 Å². The Labute approximate surface area is 122 Å². The Balaban J connectivity index is 1.83. The number of hydrogen-bond donors (Lipinski definition) is 2. The molecule has 0 saturated carbocycles. The number of anilines is 2. The third-order valence-corrected chi connectivity index (χ3v) is 3.17. The maximum absolute atomic E-state index is 5.34. The fraction of sp³-hybridized carbons (Fsp3) is 0.0667. The number of nitrogens with one attached hydrogen (secondary N) is 2. The van der Waals surface area contributed by atoms with E-state index in [2.05, 4.69) is 15.6 Å². The van der Waals surface area contributed by atoms with E-state index in [0.717, 1.165) is 22.8 Å². The number of pyridine rings is 1. The molecular weight excluding hydrogens is 268 g/mol. The van der Waals surface area contributed by atoms with Crippen molar-refractivity contribution in [1.82, 2.24) is 9.38 Å². The quantitative estimate of drug-likeness (QED) is 0.706. The fourth-order valence-electron chi connectivity index (χ4n) is 2.06. The lowest BCUT2D eigenvalue weighted by Crippen LogP contribution is -2.20. The first kappa shape index (κ1) is 12.6. The molecule has 2 heterocycles. The molecule has 2 N–H and O–H groups in total. The number of benzene rings is 1. The van der Waals surface area contributed by atoms with Gasteiger partial charge in [0, 0.05) is 11.9 Å². The van der Waals surface area contributed by atoms with Crippen LogP contribution >= 0.6 is 12.2 Å². The summed E-state index contributed by atoms with van der Waals surface area (Å²) in [6.45, 7) is 1.96. The van der Waals surface area contributed by atoms with Gasteiger partial charge in [-0.15, -0.1) is 0 Å². The molecule has 0 saturated heterocycles. The number of nitrogens with zero attached hydrogens (tertiary/aromatic N) is 2. The average Bonchev–Trinajstić information content (AvgIpc) is 2.76. The van der Waals surface area contributed by atoms with Crippen LogP contribution < -0.4 is 10.6 Å². The average molecular weight is 282 g/mol. The molecule has 0 amide bonds. The zero-order valence-corrected chi connectivity index (χ0v) is 11.8. The number of fused-ring (bicyclic) bond motifs is 1. The summed E-state index contributed by atoms with van der Waals surface area (Å²) in [7, 11) is 0. The van der Waals surface area contributed by atoms with E-state index in [1.165, 1.54) is 0 Å². The van der Waals surface area contributed by atoms with Gasteiger partial charge in [0.25, 0.3) is 0 Å². The van der Waals surface area contributed by atoms with Gasteiger partial charge in [-0.3, -0.25) is 4.40 Å². The maximum Gasteiger partial charge on any atom is 0.176 e. The van der Waals surface area contributed by atoms with Crippen LogP contribution in [0, 0.1) is 6.92 Å². The maximum atomic E-state index is 5.34. The number of aryl methyl sites for hydroxylation is 1. The van der Waals surface area contributed by atoms with Gasteiger partial charge in [-0.05, 0) is 43.4 Å². The number of rotatable bonds is 2. The van der Waals surface area contributed by atoms with E-state index in [1.54, 1.807) is 0 Å². The van der Waals surface area contributed by atoms with Gasteiger partial charge >= 0.3 is 0 Å². The predicted molar refractivity (Wildman–Crippen MR) is 86.2 cm³/mol. The fourth-order valence-corrected chi connectivity index (χ4v) is 2.27. The van der Waals surface area contributed by atoms with Gasteiger partial charge in [-0.1, -0.05) is 24.3 Å². The molecule has 0 aliphatic heterocycles. The smallest absolute Gasteiger partial charge is 0.176 e. The second kappa shape index (κ2) is 5.30. The Morgan fingerprint density at radius 2 is 1.80 bits per heavy atom. The molecule has 5 heteroatoms. The van der Waals surface area contributed by atoms with Crippen molar-refractivity contribution >= 4 is 34.5 Å². The van der Waals surface area contributed by atoms with Crippen LogP contribution in [-0.2, 0) is 0 Å². The summed E-state index contributed by atoms with van der Waals surface area (Å²) >= 11 is 5.34. The molecule has 4 nitrogen and oxygen atoms in total. The molecule has 20 heavy (non-hydrogen) atoms. The van der Waals surface area contributed by atoms with Gasteiger partial charge in [0.05, 0.1) is 5.69 Å². The molecule has 2 aromatic heterocycles. The van der Waals surface area contributed by atoms with Crippen LogP contribution in [0.25, 0.3) is 5.65 Å². The number of thiocarbonyl (C=S) groups is 1. The van der Waals surface area contributed by atoms with E-state index in [9.17, 15) is 0 Å². The van der Waals surface area contributed by atoms with Gasteiger partial charge in [0.1, 0.15) is 11.5 Å². The first-order valence-electron chi connectivity index (χ1n) is 6.31. The van der Waals surface area contributed by atoms with E-state index in [-0.39, 0.29) is 0 Å². The van der Waals surface area contributed by atoms with Gasteiger partial charge < -0.3 is 10.6 Å². The highest BCUT2D eigenvalue weighted by Crippen LogP contribution is 2.17. The van der Waals surface area contributed by atoms with Crippen molar-refractivity contribution in [3.63, 3.8) is 0 Å². The van der Waals surface area contributed by atoms with E-state index in [1.807, 2.05) is 66.1 Å². The molecule has 0 spiro atoms. The lowest BCUT2D eigenvalue weighted by Gasteiger charge is -2.10. The lowest BCUT2D eigenvalue weighted by atomic mass is 10.3. The molecule has 100 valence electrons. The van der Waals surface area contributed by atoms with Crippen LogP contribution in [0.3, 0.4) is 0 Å². The van der Waals surface area contributed by atoms with Crippen molar-refractivity contribution < 1.29 is 0 Å². The minimum absolute atomic E-state index is 0.546. The minimum Gasteiger partial charge on any atom is -0.332 e. The molecule has 0 unspecified atom stereocenters. The van der Waals surface area contributed by atoms with Gasteiger partial charge in [0.2, 0.25) is 0 Å². The van der Waals surface area contributed by atoms with Crippen molar-refractivity contribution in [2.75, 3.05) is 10.6 Å². The third-order valence-electron chi connectivity index (χ3n) is 2.97. The molecule has 0 aliphatic rings. The summed E-state index contributed by atoms with van der Waals surface area (Å²) in [5, 5.41) is 6.90. The molecule has 0 aliphatic carbocycles. The molecule has 1 aromatic carbocycles. The Hall–Kier alpha value is -2.40. The van der Waals surface area contributed by atoms with E-state index in [4.69, 9.17) is 12.2 Å².